The maximum absolute atomic E-state index is 11.8. The Labute approximate surface area is 105 Å². The van der Waals surface area contributed by atoms with Gasteiger partial charge in [0.15, 0.2) is 0 Å². The summed E-state index contributed by atoms with van der Waals surface area (Å²) in [5.74, 6) is -1.89. The van der Waals surface area contributed by atoms with Crippen molar-refractivity contribution in [3.05, 3.63) is 12.7 Å². The monoisotopic (exact) mass is 287 g/mol. The number of thioether (sulfide) groups is 1. The highest BCUT2D eigenvalue weighted by molar-refractivity contribution is 8.00. The van der Waals surface area contributed by atoms with Crippen LogP contribution >= 0.6 is 11.8 Å². The minimum absolute atomic E-state index is 0.116. The van der Waals surface area contributed by atoms with Gasteiger partial charge in [0, 0.05) is 5.75 Å². The van der Waals surface area contributed by atoms with Gasteiger partial charge in [-0.2, -0.15) is 13.2 Å². The molecule has 0 radical (unpaired) electrons. The predicted molar refractivity (Wildman–Crippen MR) is 59.2 cm³/mol. The Balaban J connectivity index is 4.11. The highest BCUT2D eigenvalue weighted by Gasteiger charge is 2.29. The molecule has 0 bridgehead atoms. The summed E-state index contributed by atoms with van der Waals surface area (Å²) in [5, 5.41) is 10.6. The van der Waals surface area contributed by atoms with Gasteiger partial charge in [-0.15, -0.1) is 0 Å². The number of carboxylic acids is 1. The fourth-order valence-corrected chi connectivity index (χ4v) is 1.45. The fraction of sp³-hybridized carbons (Fsp3) is 0.556. The van der Waals surface area contributed by atoms with Gasteiger partial charge in [-0.25, -0.2) is 9.59 Å². The minimum Gasteiger partial charge on any atom is -0.480 e. The van der Waals surface area contributed by atoms with Crippen LogP contribution in [0.15, 0.2) is 12.7 Å². The predicted octanol–water partition coefficient (Wildman–Crippen LogP) is 1.99. The van der Waals surface area contributed by atoms with Crippen LogP contribution in [0, 0.1) is 0 Å². The van der Waals surface area contributed by atoms with Crippen molar-refractivity contribution in [1.29, 1.82) is 0 Å². The van der Waals surface area contributed by atoms with Crippen LogP contribution in [0.25, 0.3) is 0 Å². The Morgan fingerprint density at radius 1 is 1.50 bits per heavy atom. The number of carbonyl (C=O) groups excluding carboxylic acids is 1. The molecule has 1 unspecified atom stereocenters. The third-order valence-corrected chi connectivity index (χ3v) is 2.36. The van der Waals surface area contributed by atoms with Crippen LogP contribution in [-0.2, 0) is 9.53 Å². The largest absolute Gasteiger partial charge is 0.480 e. The molecule has 0 heterocycles. The first-order chi connectivity index (χ1) is 8.26. The summed E-state index contributed by atoms with van der Waals surface area (Å²) in [5.41, 5.74) is -4.42. The maximum Gasteiger partial charge on any atom is 0.441 e. The summed E-state index contributed by atoms with van der Waals surface area (Å²) in [6.45, 7) is 3.16. The molecule has 18 heavy (non-hydrogen) atoms. The van der Waals surface area contributed by atoms with Crippen molar-refractivity contribution in [1.82, 2.24) is 5.32 Å². The van der Waals surface area contributed by atoms with Gasteiger partial charge in [0.2, 0.25) is 0 Å². The number of ether oxygens (including phenoxy) is 1. The van der Waals surface area contributed by atoms with E-state index in [0.717, 1.165) is 0 Å². The molecule has 0 spiro atoms. The molecule has 0 saturated heterocycles. The van der Waals surface area contributed by atoms with Gasteiger partial charge in [-0.05, 0) is 6.42 Å². The van der Waals surface area contributed by atoms with Crippen molar-refractivity contribution < 1.29 is 32.6 Å². The Morgan fingerprint density at radius 3 is 2.56 bits per heavy atom. The first kappa shape index (κ1) is 16.6. The van der Waals surface area contributed by atoms with E-state index in [1.807, 2.05) is 5.32 Å². The van der Waals surface area contributed by atoms with Crippen molar-refractivity contribution in [2.45, 2.75) is 18.0 Å². The maximum atomic E-state index is 11.8. The van der Waals surface area contributed by atoms with Gasteiger partial charge >= 0.3 is 17.6 Å². The van der Waals surface area contributed by atoms with Crippen molar-refractivity contribution in [2.24, 2.45) is 0 Å². The average Bonchev–Trinajstić information content (AvgIpc) is 2.23. The van der Waals surface area contributed by atoms with Crippen LogP contribution in [0.5, 0.6) is 0 Å². The number of halogens is 3. The van der Waals surface area contributed by atoms with E-state index < -0.39 is 29.4 Å². The van der Waals surface area contributed by atoms with Gasteiger partial charge in [0.1, 0.15) is 12.6 Å². The average molecular weight is 287 g/mol. The summed E-state index contributed by atoms with van der Waals surface area (Å²) in [6.07, 6.45) is -0.100. The fourth-order valence-electron chi connectivity index (χ4n) is 0.868. The van der Waals surface area contributed by atoms with Crippen molar-refractivity contribution >= 4 is 23.8 Å². The first-order valence-electron chi connectivity index (χ1n) is 4.74. The van der Waals surface area contributed by atoms with E-state index in [9.17, 15) is 22.8 Å². The van der Waals surface area contributed by atoms with Crippen molar-refractivity contribution in [3.63, 3.8) is 0 Å². The smallest absolute Gasteiger partial charge is 0.441 e. The molecule has 104 valence electrons. The Bertz CT molecular complexity index is 309. The summed E-state index contributed by atoms with van der Waals surface area (Å²) in [4.78, 5) is 21.7. The van der Waals surface area contributed by atoms with E-state index in [-0.39, 0.29) is 24.8 Å². The highest BCUT2D eigenvalue weighted by atomic mass is 32.2. The number of carboxylic acid groups (broad SMARTS) is 1. The SMILES string of the molecule is C=CCOC(=O)NC(CCSC(F)(F)F)C(=O)O. The molecule has 0 aromatic carbocycles. The zero-order valence-corrected chi connectivity index (χ0v) is 10.0. The van der Waals surface area contributed by atoms with Gasteiger partial charge in [-0.3, -0.25) is 0 Å². The number of hydrogen-bond donors (Lipinski definition) is 2. The summed E-state index contributed by atoms with van der Waals surface area (Å²) in [6, 6.07) is -1.42. The van der Waals surface area contributed by atoms with E-state index in [2.05, 4.69) is 11.3 Å². The number of aliphatic carboxylic acids is 1. The third kappa shape index (κ3) is 8.74. The highest BCUT2D eigenvalue weighted by Crippen LogP contribution is 2.30. The molecular weight excluding hydrogens is 275 g/mol. The van der Waals surface area contributed by atoms with E-state index in [0.29, 0.717) is 0 Å². The molecule has 2 N–H and O–H groups in total. The molecule has 1 atom stereocenters. The van der Waals surface area contributed by atoms with Crippen LogP contribution in [-0.4, -0.2) is 41.1 Å². The second-order valence-electron chi connectivity index (χ2n) is 3.01. The van der Waals surface area contributed by atoms with E-state index >= 15 is 0 Å². The number of alkyl halides is 3. The van der Waals surface area contributed by atoms with Gasteiger partial charge in [0.25, 0.3) is 0 Å². The standard InChI is InChI=1S/C9H12F3NO4S/c1-2-4-17-8(16)13-6(7(14)15)3-5-18-9(10,11)12/h2,6H,1,3-5H2,(H,13,16)(H,14,15). The molecule has 0 rings (SSSR count). The summed E-state index contributed by atoms with van der Waals surface area (Å²) < 4.78 is 39.9. The number of amides is 1. The Morgan fingerprint density at radius 2 is 2.11 bits per heavy atom. The van der Waals surface area contributed by atoms with Gasteiger partial charge < -0.3 is 15.2 Å². The number of nitrogens with one attached hydrogen (secondary N) is 1. The lowest BCUT2D eigenvalue weighted by Gasteiger charge is -2.14. The molecule has 0 aliphatic rings. The zero-order chi connectivity index (χ0) is 14.2. The van der Waals surface area contributed by atoms with Crippen molar-refractivity contribution in [2.75, 3.05) is 12.4 Å². The second-order valence-corrected chi connectivity index (χ2v) is 4.17. The van der Waals surface area contributed by atoms with Gasteiger partial charge in [-0.1, -0.05) is 24.4 Å². The molecule has 0 saturated carbocycles. The lowest BCUT2D eigenvalue weighted by Crippen LogP contribution is -2.41. The molecule has 0 aliphatic carbocycles. The lowest BCUT2D eigenvalue weighted by molar-refractivity contribution is -0.139. The molecule has 5 nitrogen and oxygen atoms in total. The molecule has 0 aromatic rings. The minimum atomic E-state index is -4.42. The zero-order valence-electron chi connectivity index (χ0n) is 9.20. The quantitative estimate of drug-likeness (QED) is 0.700. The lowest BCUT2D eigenvalue weighted by atomic mass is 10.2. The van der Waals surface area contributed by atoms with E-state index in [4.69, 9.17) is 5.11 Å². The second kappa shape index (κ2) is 7.85. The summed E-state index contributed by atoms with van der Waals surface area (Å²) in [7, 11) is 0. The number of carbonyl (C=O) groups is 2. The number of hydrogen-bond acceptors (Lipinski definition) is 4. The molecule has 0 fully saturated rings. The molecular formula is C9H12F3NO4S. The topological polar surface area (TPSA) is 75.6 Å². The van der Waals surface area contributed by atoms with Crippen LogP contribution in [0.1, 0.15) is 6.42 Å². The Hall–Kier alpha value is -1.38. The molecule has 1 amide bonds. The van der Waals surface area contributed by atoms with Crippen LogP contribution < -0.4 is 5.32 Å². The first-order valence-corrected chi connectivity index (χ1v) is 5.72. The molecule has 0 aromatic heterocycles. The van der Waals surface area contributed by atoms with Gasteiger partial charge in [0.05, 0.1) is 0 Å². The van der Waals surface area contributed by atoms with Crippen LogP contribution in [0.2, 0.25) is 0 Å². The third-order valence-electron chi connectivity index (χ3n) is 1.59. The molecule has 9 heteroatoms. The number of alkyl carbamates (subject to hydrolysis) is 1. The van der Waals surface area contributed by atoms with Crippen LogP contribution in [0.4, 0.5) is 18.0 Å². The van der Waals surface area contributed by atoms with E-state index in [1.165, 1.54) is 6.08 Å². The normalized spacial score (nSPS) is 12.6. The Kier molecular flexibility index (Phi) is 7.25. The summed E-state index contributed by atoms with van der Waals surface area (Å²) >= 11 is -0.347. The number of rotatable bonds is 7. The van der Waals surface area contributed by atoms with Crippen LogP contribution in [0.3, 0.4) is 0 Å². The molecule has 0 aliphatic heterocycles. The van der Waals surface area contributed by atoms with Crippen molar-refractivity contribution in [3.8, 4) is 0 Å². The van der Waals surface area contributed by atoms with E-state index in [1.54, 1.807) is 0 Å².